The molecule has 2 saturated heterocycles. The molecular formula is C18H26N2O5S. The summed E-state index contributed by atoms with van der Waals surface area (Å²) in [7, 11) is -3.55. The molecule has 144 valence electrons. The second-order valence-electron chi connectivity index (χ2n) is 7.17. The number of rotatable bonds is 5. The van der Waals surface area contributed by atoms with Crippen LogP contribution in [0.2, 0.25) is 0 Å². The van der Waals surface area contributed by atoms with Crippen molar-refractivity contribution in [1.82, 2.24) is 9.62 Å². The van der Waals surface area contributed by atoms with E-state index >= 15 is 0 Å². The van der Waals surface area contributed by atoms with E-state index in [1.165, 1.54) is 12.1 Å². The van der Waals surface area contributed by atoms with Gasteiger partial charge < -0.3 is 14.4 Å². The molecule has 0 atom stereocenters. The van der Waals surface area contributed by atoms with Crippen LogP contribution >= 0.6 is 0 Å². The molecule has 2 heterocycles. The van der Waals surface area contributed by atoms with Gasteiger partial charge in [0.05, 0.1) is 18.1 Å². The number of carbonyl (C=O) groups excluding carboxylic acids is 1. The summed E-state index contributed by atoms with van der Waals surface area (Å²) in [6.07, 6.45) is 1.31. The third-order valence-corrected chi connectivity index (χ3v) is 6.16. The summed E-state index contributed by atoms with van der Waals surface area (Å²) in [4.78, 5) is 14.6. The van der Waals surface area contributed by atoms with E-state index in [1.54, 1.807) is 17.0 Å². The Labute approximate surface area is 154 Å². The van der Waals surface area contributed by atoms with Crippen molar-refractivity contribution in [1.29, 1.82) is 0 Å². The van der Waals surface area contributed by atoms with Gasteiger partial charge in [-0.2, -0.15) is 0 Å². The first-order valence-corrected chi connectivity index (χ1v) is 10.5. The highest BCUT2D eigenvalue weighted by atomic mass is 32.2. The zero-order valence-corrected chi connectivity index (χ0v) is 16.0. The van der Waals surface area contributed by atoms with Crippen molar-refractivity contribution in [2.75, 3.05) is 32.8 Å². The van der Waals surface area contributed by atoms with Crippen molar-refractivity contribution in [3.63, 3.8) is 0 Å². The molecule has 0 aliphatic carbocycles. The van der Waals surface area contributed by atoms with Crippen LogP contribution in [-0.2, 0) is 19.5 Å². The van der Waals surface area contributed by atoms with Crippen LogP contribution in [0.15, 0.2) is 29.2 Å². The van der Waals surface area contributed by atoms with Crippen LogP contribution < -0.4 is 4.72 Å². The molecule has 0 aromatic heterocycles. The van der Waals surface area contributed by atoms with E-state index in [9.17, 15) is 13.2 Å². The summed E-state index contributed by atoms with van der Waals surface area (Å²) >= 11 is 0. The predicted molar refractivity (Wildman–Crippen MR) is 96.2 cm³/mol. The van der Waals surface area contributed by atoms with Crippen LogP contribution in [0, 0.1) is 5.92 Å². The lowest BCUT2D eigenvalue weighted by atomic mass is 10.0. The van der Waals surface area contributed by atoms with Gasteiger partial charge in [-0.3, -0.25) is 4.79 Å². The number of hydrogen-bond acceptors (Lipinski definition) is 5. The number of hydrogen-bond donors (Lipinski definition) is 1. The normalized spacial score (nSPS) is 20.0. The Bertz CT molecular complexity index is 729. The Balaban J connectivity index is 1.62. The topological polar surface area (TPSA) is 84.9 Å². The molecule has 2 aliphatic heterocycles. The number of likely N-dealkylation sites (tertiary alicyclic amines) is 1. The SMILES string of the molecule is CC(C)CNS(=O)(=O)c1ccc(C(=O)N2CCC3(CC2)OCCO3)cc1. The average molecular weight is 382 g/mol. The van der Waals surface area contributed by atoms with E-state index in [4.69, 9.17) is 9.47 Å². The molecule has 0 radical (unpaired) electrons. The molecular weight excluding hydrogens is 356 g/mol. The molecule has 3 rings (SSSR count). The summed E-state index contributed by atoms with van der Waals surface area (Å²) in [6.45, 7) is 6.60. The molecule has 1 aromatic rings. The van der Waals surface area contributed by atoms with Crippen LogP contribution in [-0.4, -0.2) is 57.9 Å². The molecule has 1 amide bonds. The monoisotopic (exact) mass is 382 g/mol. The lowest BCUT2D eigenvalue weighted by Gasteiger charge is -2.37. The number of ether oxygens (including phenoxy) is 2. The minimum absolute atomic E-state index is 0.100. The minimum atomic E-state index is -3.55. The van der Waals surface area contributed by atoms with Crippen LogP contribution in [0.25, 0.3) is 0 Å². The van der Waals surface area contributed by atoms with Crippen LogP contribution in [0.4, 0.5) is 0 Å². The summed E-state index contributed by atoms with van der Waals surface area (Å²) in [5, 5.41) is 0. The van der Waals surface area contributed by atoms with Gasteiger partial charge in [0.1, 0.15) is 0 Å². The third kappa shape index (κ3) is 4.25. The Morgan fingerprint density at radius 1 is 1.15 bits per heavy atom. The Kier molecular flexibility index (Phi) is 5.67. The Morgan fingerprint density at radius 3 is 2.27 bits per heavy atom. The molecule has 2 aliphatic rings. The first-order valence-electron chi connectivity index (χ1n) is 8.98. The zero-order chi connectivity index (χ0) is 18.8. The van der Waals surface area contributed by atoms with E-state index in [1.807, 2.05) is 13.8 Å². The van der Waals surface area contributed by atoms with Crippen molar-refractivity contribution >= 4 is 15.9 Å². The largest absolute Gasteiger partial charge is 0.347 e. The molecule has 26 heavy (non-hydrogen) atoms. The summed E-state index contributed by atoms with van der Waals surface area (Å²) in [6, 6.07) is 6.09. The summed E-state index contributed by atoms with van der Waals surface area (Å²) in [5.41, 5.74) is 0.483. The van der Waals surface area contributed by atoms with E-state index in [2.05, 4.69) is 4.72 Å². The van der Waals surface area contributed by atoms with E-state index in [0.717, 1.165) is 0 Å². The van der Waals surface area contributed by atoms with Crippen molar-refractivity contribution in [3.05, 3.63) is 29.8 Å². The van der Waals surface area contributed by atoms with Gasteiger partial charge in [0, 0.05) is 38.0 Å². The molecule has 1 spiro atoms. The molecule has 7 nitrogen and oxygen atoms in total. The number of amides is 1. The van der Waals surface area contributed by atoms with E-state index in [0.29, 0.717) is 51.3 Å². The number of carbonyl (C=O) groups is 1. The lowest BCUT2D eigenvalue weighted by molar-refractivity contribution is -0.181. The average Bonchev–Trinajstić information content (AvgIpc) is 3.08. The number of piperidine rings is 1. The first-order chi connectivity index (χ1) is 12.3. The minimum Gasteiger partial charge on any atom is -0.347 e. The van der Waals surface area contributed by atoms with Gasteiger partial charge in [-0.25, -0.2) is 13.1 Å². The maximum Gasteiger partial charge on any atom is 0.253 e. The van der Waals surface area contributed by atoms with Gasteiger partial charge in [0.2, 0.25) is 10.0 Å². The Hall–Kier alpha value is -1.48. The second kappa shape index (κ2) is 7.64. The highest BCUT2D eigenvalue weighted by Gasteiger charge is 2.40. The smallest absolute Gasteiger partial charge is 0.253 e. The van der Waals surface area contributed by atoms with E-state index in [-0.39, 0.29) is 16.7 Å². The van der Waals surface area contributed by atoms with Crippen molar-refractivity contribution in [2.24, 2.45) is 5.92 Å². The van der Waals surface area contributed by atoms with E-state index < -0.39 is 15.8 Å². The predicted octanol–water partition coefficient (Wildman–Crippen LogP) is 1.60. The first kappa shape index (κ1) is 19.3. The Morgan fingerprint density at radius 2 is 1.73 bits per heavy atom. The van der Waals surface area contributed by atoms with Gasteiger partial charge in [0.25, 0.3) is 5.91 Å². The summed E-state index contributed by atoms with van der Waals surface area (Å²) < 4.78 is 38.4. The van der Waals surface area contributed by atoms with Gasteiger partial charge in [-0.15, -0.1) is 0 Å². The fourth-order valence-electron chi connectivity index (χ4n) is 3.16. The fraction of sp³-hybridized carbons (Fsp3) is 0.611. The maximum absolute atomic E-state index is 12.7. The third-order valence-electron chi connectivity index (χ3n) is 4.72. The lowest BCUT2D eigenvalue weighted by Crippen LogP contribution is -2.47. The van der Waals surface area contributed by atoms with Crippen LogP contribution in [0.1, 0.15) is 37.0 Å². The molecule has 1 N–H and O–H groups in total. The number of nitrogens with zero attached hydrogens (tertiary/aromatic N) is 1. The molecule has 2 fully saturated rings. The van der Waals surface area contributed by atoms with Gasteiger partial charge >= 0.3 is 0 Å². The highest BCUT2D eigenvalue weighted by molar-refractivity contribution is 7.89. The number of nitrogens with one attached hydrogen (secondary N) is 1. The highest BCUT2D eigenvalue weighted by Crippen LogP contribution is 2.31. The fourth-order valence-corrected chi connectivity index (χ4v) is 4.37. The zero-order valence-electron chi connectivity index (χ0n) is 15.2. The molecule has 0 bridgehead atoms. The maximum atomic E-state index is 12.7. The van der Waals surface area contributed by atoms with Crippen molar-refractivity contribution < 1.29 is 22.7 Å². The number of benzene rings is 1. The molecule has 1 aromatic carbocycles. The molecule has 0 unspecified atom stereocenters. The van der Waals surface area contributed by atoms with Crippen LogP contribution in [0.5, 0.6) is 0 Å². The van der Waals surface area contributed by atoms with Crippen molar-refractivity contribution in [3.8, 4) is 0 Å². The molecule has 0 saturated carbocycles. The molecule has 8 heteroatoms. The summed E-state index contributed by atoms with van der Waals surface area (Å²) in [5.74, 6) is -0.394. The van der Waals surface area contributed by atoms with Gasteiger partial charge in [-0.05, 0) is 30.2 Å². The van der Waals surface area contributed by atoms with Crippen LogP contribution in [0.3, 0.4) is 0 Å². The quantitative estimate of drug-likeness (QED) is 0.836. The van der Waals surface area contributed by atoms with Crippen molar-refractivity contribution in [2.45, 2.75) is 37.4 Å². The van der Waals surface area contributed by atoms with Gasteiger partial charge in [-0.1, -0.05) is 13.8 Å². The van der Waals surface area contributed by atoms with Gasteiger partial charge in [0.15, 0.2) is 5.79 Å². The standard InChI is InChI=1S/C18H26N2O5S/c1-14(2)13-19-26(22,23)16-5-3-15(4-6-16)17(21)20-9-7-18(8-10-20)24-11-12-25-18/h3-6,14,19H,7-13H2,1-2H3. The second-order valence-corrected chi connectivity index (χ2v) is 8.94. The number of sulfonamides is 1.